The third-order valence-electron chi connectivity index (χ3n) is 2.24. The number of hydrogen-bond donors (Lipinski definition) is 3. The molecule has 104 valence electrons. The molecule has 1 aliphatic rings. The van der Waals surface area contributed by atoms with Gasteiger partial charge in [0.15, 0.2) is 11.5 Å². The molecule has 0 aromatic heterocycles. The quantitative estimate of drug-likeness (QED) is 0.718. The molecule has 0 saturated heterocycles. The number of carbonyl (C=O) groups excluding carboxylic acids is 1. The number of hydrogen-bond acceptors (Lipinski definition) is 4. The van der Waals surface area contributed by atoms with E-state index in [1.807, 2.05) is 0 Å². The lowest BCUT2D eigenvalue weighted by atomic mass is 10.2. The minimum absolute atomic E-state index is 0.0263. The van der Waals surface area contributed by atoms with Gasteiger partial charge in [-0.25, -0.2) is 4.79 Å². The van der Waals surface area contributed by atoms with E-state index in [2.05, 4.69) is 5.32 Å². The molecule has 0 unspecified atom stereocenters. The van der Waals surface area contributed by atoms with Gasteiger partial charge in [-0.15, -0.1) is 0 Å². The molecule has 9 heteroatoms. The van der Waals surface area contributed by atoms with Crippen LogP contribution in [0, 0.1) is 0 Å². The van der Waals surface area contributed by atoms with Crippen molar-refractivity contribution >= 4 is 17.4 Å². The fourth-order valence-electron chi connectivity index (χ4n) is 1.41. The monoisotopic (exact) mass is 277 g/mol. The fraction of sp³-hybridized carbons (Fsp3) is 0.300. The summed E-state index contributed by atoms with van der Waals surface area (Å²) in [6.45, 7) is -1.40. The minimum Gasteiger partial charge on any atom is -0.454 e. The molecule has 2 amide bonds. The van der Waals surface area contributed by atoms with Gasteiger partial charge in [0.05, 0.1) is 11.4 Å². The van der Waals surface area contributed by atoms with Crippen molar-refractivity contribution in [3.63, 3.8) is 0 Å². The molecule has 0 fully saturated rings. The van der Waals surface area contributed by atoms with Crippen LogP contribution in [-0.4, -0.2) is 25.5 Å². The number of benzene rings is 1. The standard InChI is InChI=1S/C10H10F3N3O3/c11-10(12,13)3-15-9(17)16-6-2-8-7(1-5(6)14)18-4-19-8/h1-2H,3-4,14H2,(H2,15,16,17). The maximum Gasteiger partial charge on any atom is 0.405 e. The second-order valence-corrected chi connectivity index (χ2v) is 3.72. The normalized spacial score (nSPS) is 13.2. The molecule has 6 nitrogen and oxygen atoms in total. The topological polar surface area (TPSA) is 85.6 Å². The van der Waals surface area contributed by atoms with Crippen LogP contribution in [0.2, 0.25) is 0 Å². The molecule has 1 aromatic rings. The zero-order valence-electron chi connectivity index (χ0n) is 9.50. The molecule has 19 heavy (non-hydrogen) atoms. The van der Waals surface area contributed by atoms with E-state index in [-0.39, 0.29) is 18.2 Å². The molecule has 0 radical (unpaired) electrons. The Morgan fingerprint density at radius 1 is 1.32 bits per heavy atom. The van der Waals surface area contributed by atoms with Crippen LogP contribution in [0.1, 0.15) is 0 Å². The lowest BCUT2D eigenvalue weighted by Crippen LogP contribution is -2.36. The van der Waals surface area contributed by atoms with Crippen LogP contribution in [-0.2, 0) is 0 Å². The third kappa shape index (κ3) is 3.33. The highest BCUT2D eigenvalue weighted by Crippen LogP contribution is 2.38. The summed E-state index contributed by atoms with van der Waals surface area (Å²) < 4.78 is 45.8. The van der Waals surface area contributed by atoms with Crippen molar-refractivity contribution in [1.82, 2.24) is 5.32 Å². The van der Waals surface area contributed by atoms with Crippen LogP contribution >= 0.6 is 0 Å². The van der Waals surface area contributed by atoms with Crippen molar-refractivity contribution in [3.8, 4) is 11.5 Å². The number of fused-ring (bicyclic) bond motifs is 1. The molecule has 0 saturated carbocycles. The van der Waals surface area contributed by atoms with Gasteiger partial charge < -0.3 is 25.8 Å². The van der Waals surface area contributed by atoms with Crippen LogP contribution < -0.4 is 25.8 Å². The molecular formula is C10H10F3N3O3. The summed E-state index contributed by atoms with van der Waals surface area (Å²) in [5.41, 5.74) is 5.92. The number of anilines is 2. The van der Waals surface area contributed by atoms with Gasteiger partial charge in [-0.05, 0) is 0 Å². The van der Waals surface area contributed by atoms with Gasteiger partial charge in [0.2, 0.25) is 6.79 Å². The summed E-state index contributed by atoms with van der Waals surface area (Å²) in [7, 11) is 0. The Bertz CT molecular complexity index is 505. The largest absolute Gasteiger partial charge is 0.454 e. The molecule has 4 N–H and O–H groups in total. The maximum atomic E-state index is 11.9. The van der Waals surface area contributed by atoms with E-state index in [0.717, 1.165) is 0 Å². The van der Waals surface area contributed by atoms with Gasteiger partial charge in [0.1, 0.15) is 6.54 Å². The summed E-state index contributed by atoms with van der Waals surface area (Å²) >= 11 is 0. The smallest absolute Gasteiger partial charge is 0.405 e. The summed E-state index contributed by atoms with van der Waals surface area (Å²) in [6, 6.07) is 1.79. The third-order valence-corrected chi connectivity index (χ3v) is 2.24. The maximum absolute atomic E-state index is 11.9. The molecule has 2 rings (SSSR count). The second kappa shape index (κ2) is 4.75. The van der Waals surface area contributed by atoms with Crippen molar-refractivity contribution in [2.75, 3.05) is 24.4 Å². The van der Waals surface area contributed by atoms with E-state index in [4.69, 9.17) is 15.2 Å². The number of nitrogen functional groups attached to an aromatic ring is 1. The van der Waals surface area contributed by atoms with Crippen LogP contribution in [0.3, 0.4) is 0 Å². The molecule has 0 bridgehead atoms. The Morgan fingerprint density at radius 3 is 2.58 bits per heavy atom. The van der Waals surface area contributed by atoms with E-state index in [1.54, 1.807) is 5.32 Å². The minimum atomic E-state index is -4.47. The number of carbonyl (C=O) groups is 1. The van der Waals surface area contributed by atoms with E-state index in [9.17, 15) is 18.0 Å². The average Bonchev–Trinajstić information content (AvgIpc) is 2.73. The van der Waals surface area contributed by atoms with Gasteiger partial charge in [0, 0.05) is 12.1 Å². The lowest BCUT2D eigenvalue weighted by Gasteiger charge is -2.11. The number of halogens is 3. The molecule has 0 spiro atoms. The van der Waals surface area contributed by atoms with Crippen LogP contribution in [0.25, 0.3) is 0 Å². The number of ether oxygens (including phenoxy) is 2. The Balaban J connectivity index is 2.01. The zero-order chi connectivity index (χ0) is 14.0. The van der Waals surface area contributed by atoms with Crippen molar-refractivity contribution < 1.29 is 27.4 Å². The molecule has 0 aliphatic carbocycles. The lowest BCUT2D eigenvalue weighted by molar-refractivity contribution is -0.122. The van der Waals surface area contributed by atoms with Gasteiger partial charge in [-0.3, -0.25) is 0 Å². The Labute approximate surface area is 105 Å². The molecule has 1 heterocycles. The SMILES string of the molecule is Nc1cc2c(cc1NC(=O)NCC(F)(F)F)OCO2. The number of amides is 2. The zero-order valence-corrected chi connectivity index (χ0v) is 9.50. The highest BCUT2D eigenvalue weighted by atomic mass is 19.4. The fourth-order valence-corrected chi connectivity index (χ4v) is 1.41. The van der Waals surface area contributed by atoms with Gasteiger partial charge in [-0.1, -0.05) is 0 Å². The Morgan fingerprint density at radius 2 is 1.95 bits per heavy atom. The first-order chi connectivity index (χ1) is 8.85. The first-order valence-electron chi connectivity index (χ1n) is 5.16. The number of nitrogens with two attached hydrogens (primary N) is 1. The average molecular weight is 277 g/mol. The molecular weight excluding hydrogens is 267 g/mol. The number of alkyl halides is 3. The second-order valence-electron chi connectivity index (χ2n) is 3.72. The molecule has 1 aliphatic heterocycles. The van der Waals surface area contributed by atoms with Crippen LogP contribution in [0.15, 0.2) is 12.1 Å². The van der Waals surface area contributed by atoms with E-state index in [1.165, 1.54) is 12.1 Å². The van der Waals surface area contributed by atoms with Gasteiger partial charge in [-0.2, -0.15) is 13.2 Å². The highest BCUT2D eigenvalue weighted by Gasteiger charge is 2.28. The summed E-state index contributed by atoms with van der Waals surface area (Å²) in [5, 5.41) is 3.87. The Hall–Kier alpha value is -2.32. The molecule has 0 atom stereocenters. The Kier molecular flexibility index (Phi) is 3.28. The van der Waals surface area contributed by atoms with E-state index >= 15 is 0 Å². The first-order valence-corrected chi connectivity index (χ1v) is 5.16. The van der Waals surface area contributed by atoms with Crippen molar-refractivity contribution in [2.45, 2.75) is 6.18 Å². The van der Waals surface area contributed by atoms with Crippen LogP contribution in [0.5, 0.6) is 11.5 Å². The van der Waals surface area contributed by atoms with Crippen molar-refractivity contribution in [3.05, 3.63) is 12.1 Å². The van der Waals surface area contributed by atoms with Gasteiger partial charge in [0.25, 0.3) is 0 Å². The predicted octanol–water partition coefficient (Wildman–Crippen LogP) is 1.68. The molecule has 1 aromatic carbocycles. The summed E-state index contributed by atoms with van der Waals surface area (Å²) in [4.78, 5) is 11.3. The summed E-state index contributed by atoms with van der Waals surface area (Å²) in [6.07, 6.45) is -4.47. The van der Waals surface area contributed by atoms with Crippen molar-refractivity contribution in [2.24, 2.45) is 0 Å². The predicted molar refractivity (Wildman–Crippen MR) is 60.1 cm³/mol. The van der Waals surface area contributed by atoms with Gasteiger partial charge >= 0.3 is 12.2 Å². The number of rotatable bonds is 2. The number of nitrogens with one attached hydrogen (secondary N) is 2. The first kappa shape index (κ1) is 13.1. The van der Waals surface area contributed by atoms with Crippen molar-refractivity contribution in [1.29, 1.82) is 0 Å². The highest BCUT2D eigenvalue weighted by molar-refractivity contribution is 5.93. The van der Waals surface area contributed by atoms with E-state index < -0.39 is 18.8 Å². The van der Waals surface area contributed by atoms with Crippen LogP contribution in [0.4, 0.5) is 29.3 Å². The summed E-state index contributed by atoms with van der Waals surface area (Å²) in [5.74, 6) is 0.777. The number of urea groups is 1. The van der Waals surface area contributed by atoms with E-state index in [0.29, 0.717) is 11.5 Å².